The van der Waals surface area contributed by atoms with Crippen LogP contribution in [0.5, 0.6) is 0 Å². The van der Waals surface area contributed by atoms with Gasteiger partial charge in [0.2, 0.25) is 5.91 Å². The molecule has 2 aliphatic heterocycles. The van der Waals surface area contributed by atoms with Crippen LogP contribution in [0, 0.1) is 0 Å². The molecule has 1 aromatic carbocycles. The minimum Gasteiger partial charge on any atom is -0.377 e. The van der Waals surface area contributed by atoms with Gasteiger partial charge in [0.1, 0.15) is 0 Å². The van der Waals surface area contributed by atoms with Crippen molar-refractivity contribution in [1.82, 2.24) is 10.2 Å². The van der Waals surface area contributed by atoms with E-state index in [1.165, 1.54) is 12.8 Å². The third-order valence-corrected chi connectivity index (χ3v) is 5.89. The minimum absolute atomic E-state index is 0. The predicted octanol–water partition coefficient (Wildman–Crippen LogP) is 3.54. The van der Waals surface area contributed by atoms with E-state index in [1.807, 2.05) is 29.2 Å². The number of benzene rings is 1. The molecule has 2 heterocycles. The Bertz CT molecular complexity index is 556. The highest BCUT2D eigenvalue weighted by Gasteiger charge is 2.28. The van der Waals surface area contributed by atoms with Gasteiger partial charge in [-0.1, -0.05) is 23.7 Å². The Labute approximate surface area is 165 Å². The molecule has 25 heavy (non-hydrogen) atoms. The summed E-state index contributed by atoms with van der Waals surface area (Å²) < 4.78 is 5.74. The molecule has 1 amide bonds. The van der Waals surface area contributed by atoms with E-state index in [0.29, 0.717) is 16.9 Å². The van der Waals surface area contributed by atoms with Gasteiger partial charge >= 0.3 is 0 Å². The summed E-state index contributed by atoms with van der Waals surface area (Å²) in [6.45, 7) is 3.24. The lowest BCUT2D eigenvalue weighted by Gasteiger charge is -2.36. The lowest BCUT2D eigenvalue weighted by Crippen LogP contribution is -2.49. The van der Waals surface area contributed by atoms with Crippen molar-refractivity contribution in [3.63, 3.8) is 0 Å². The van der Waals surface area contributed by atoms with Crippen LogP contribution in [0.2, 0.25) is 5.02 Å². The summed E-state index contributed by atoms with van der Waals surface area (Å²) in [6, 6.07) is 7.89. The number of rotatable bonds is 5. The van der Waals surface area contributed by atoms with Gasteiger partial charge in [-0.15, -0.1) is 24.2 Å². The predicted molar refractivity (Wildman–Crippen MR) is 107 cm³/mol. The average molecular weight is 405 g/mol. The summed E-state index contributed by atoms with van der Waals surface area (Å²) in [4.78, 5) is 14.7. The molecule has 0 spiro atoms. The van der Waals surface area contributed by atoms with Crippen molar-refractivity contribution < 1.29 is 9.53 Å². The van der Waals surface area contributed by atoms with Crippen LogP contribution < -0.4 is 5.32 Å². The fourth-order valence-corrected chi connectivity index (χ4v) is 4.50. The van der Waals surface area contributed by atoms with E-state index in [-0.39, 0.29) is 24.4 Å². The average Bonchev–Trinajstić information content (AvgIpc) is 2.62. The van der Waals surface area contributed by atoms with Gasteiger partial charge in [-0.05, 0) is 37.0 Å². The van der Waals surface area contributed by atoms with Crippen LogP contribution in [0.15, 0.2) is 24.3 Å². The summed E-state index contributed by atoms with van der Waals surface area (Å²) in [7, 11) is 0. The number of ether oxygens (including phenoxy) is 1. The first-order valence-electron chi connectivity index (χ1n) is 8.69. The molecule has 2 atom stereocenters. The SMILES string of the molecule is Cl.O=C(CSCC1CCCCO1)N1CCNCC1c1cccc(Cl)c1. The number of hydrogen-bond donors (Lipinski definition) is 1. The lowest BCUT2D eigenvalue weighted by atomic mass is 10.0. The number of piperazine rings is 1. The van der Waals surface area contributed by atoms with Crippen molar-refractivity contribution in [1.29, 1.82) is 0 Å². The second-order valence-electron chi connectivity index (χ2n) is 6.37. The van der Waals surface area contributed by atoms with Crippen LogP contribution in [-0.4, -0.2) is 54.7 Å². The van der Waals surface area contributed by atoms with Crippen molar-refractivity contribution in [2.24, 2.45) is 0 Å². The molecular formula is C18H26Cl2N2O2S. The number of nitrogens with zero attached hydrogens (tertiary/aromatic N) is 1. The van der Waals surface area contributed by atoms with E-state index in [0.717, 1.165) is 44.0 Å². The Hall–Kier alpha value is -0.460. The zero-order valence-corrected chi connectivity index (χ0v) is 16.7. The van der Waals surface area contributed by atoms with Crippen LogP contribution in [0.4, 0.5) is 0 Å². The van der Waals surface area contributed by atoms with Gasteiger partial charge in [0.05, 0.1) is 17.9 Å². The molecule has 0 aliphatic carbocycles. The highest BCUT2D eigenvalue weighted by Crippen LogP contribution is 2.26. The van der Waals surface area contributed by atoms with Crippen molar-refractivity contribution in [2.45, 2.75) is 31.4 Å². The molecule has 2 saturated heterocycles. The van der Waals surface area contributed by atoms with Crippen molar-refractivity contribution in [2.75, 3.05) is 37.7 Å². The summed E-state index contributed by atoms with van der Waals surface area (Å²) >= 11 is 7.82. The monoisotopic (exact) mass is 404 g/mol. The fourth-order valence-electron chi connectivity index (χ4n) is 3.31. The van der Waals surface area contributed by atoms with Crippen molar-refractivity contribution >= 4 is 41.7 Å². The highest BCUT2D eigenvalue weighted by atomic mass is 35.5. The molecule has 1 aromatic rings. The van der Waals surface area contributed by atoms with Gasteiger partial charge in [-0.25, -0.2) is 0 Å². The van der Waals surface area contributed by atoms with E-state index in [1.54, 1.807) is 11.8 Å². The van der Waals surface area contributed by atoms with Gasteiger partial charge in [0, 0.05) is 37.0 Å². The smallest absolute Gasteiger partial charge is 0.233 e. The van der Waals surface area contributed by atoms with Crippen LogP contribution >= 0.6 is 35.8 Å². The third-order valence-electron chi connectivity index (χ3n) is 4.60. The number of carbonyl (C=O) groups is 1. The second-order valence-corrected chi connectivity index (χ2v) is 7.83. The molecule has 7 heteroatoms. The fraction of sp³-hybridized carbons (Fsp3) is 0.611. The number of halogens is 2. The van der Waals surface area contributed by atoms with Crippen LogP contribution in [0.25, 0.3) is 0 Å². The van der Waals surface area contributed by atoms with E-state index in [2.05, 4.69) is 5.32 Å². The number of hydrogen-bond acceptors (Lipinski definition) is 4. The maximum absolute atomic E-state index is 12.7. The van der Waals surface area contributed by atoms with E-state index in [9.17, 15) is 4.79 Å². The van der Waals surface area contributed by atoms with Crippen LogP contribution in [0.1, 0.15) is 30.9 Å². The molecule has 0 bridgehead atoms. The largest absolute Gasteiger partial charge is 0.377 e. The Morgan fingerprint density at radius 2 is 2.28 bits per heavy atom. The summed E-state index contributed by atoms with van der Waals surface area (Å²) in [5, 5.41) is 4.10. The van der Waals surface area contributed by atoms with Gasteiger partial charge in [-0.2, -0.15) is 0 Å². The molecule has 1 N–H and O–H groups in total. The minimum atomic E-state index is 0. The summed E-state index contributed by atoms with van der Waals surface area (Å²) in [5.74, 6) is 1.65. The summed E-state index contributed by atoms with van der Waals surface area (Å²) in [5.41, 5.74) is 1.10. The maximum atomic E-state index is 12.7. The van der Waals surface area contributed by atoms with E-state index >= 15 is 0 Å². The third kappa shape index (κ3) is 6.04. The van der Waals surface area contributed by atoms with E-state index < -0.39 is 0 Å². The topological polar surface area (TPSA) is 41.6 Å². The first-order valence-corrected chi connectivity index (χ1v) is 10.2. The molecule has 0 saturated carbocycles. The molecule has 2 unspecified atom stereocenters. The second kappa shape index (κ2) is 10.6. The Morgan fingerprint density at radius 3 is 3.04 bits per heavy atom. The summed E-state index contributed by atoms with van der Waals surface area (Å²) in [6.07, 6.45) is 3.86. The molecule has 4 nitrogen and oxygen atoms in total. The molecule has 3 rings (SSSR count). The maximum Gasteiger partial charge on any atom is 0.233 e. The number of amides is 1. The Balaban J connectivity index is 0.00000225. The van der Waals surface area contributed by atoms with Crippen LogP contribution in [-0.2, 0) is 9.53 Å². The molecule has 0 aromatic heterocycles. The molecular weight excluding hydrogens is 379 g/mol. The van der Waals surface area contributed by atoms with Gasteiger partial charge in [0.15, 0.2) is 0 Å². The quantitative estimate of drug-likeness (QED) is 0.814. The van der Waals surface area contributed by atoms with Crippen molar-refractivity contribution in [3.8, 4) is 0 Å². The van der Waals surface area contributed by atoms with Gasteiger partial charge < -0.3 is 15.0 Å². The number of nitrogens with one attached hydrogen (secondary N) is 1. The molecule has 2 fully saturated rings. The first-order chi connectivity index (χ1) is 11.7. The first kappa shape index (κ1) is 20.8. The lowest BCUT2D eigenvalue weighted by molar-refractivity contribution is -0.131. The van der Waals surface area contributed by atoms with Gasteiger partial charge in [-0.3, -0.25) is 4.79 Å². The normalized spacial score (nSPS) is 23.8. The zero-order chi connectivity index (χ0) is 16.8. The molecule has 140 valence electrons. The Morgan fingerprint density at radius 1 is 1.40 bits per heavy atom. The van der Waals surface area contributed by atoms with Gasteiger partial charge in [0.25, 0.3) is 0 Å². The molecule has 2 aliphatic rings. The standard InChI is InChI=1S/C18H25ClN2O2S.ClH/c19-15-5-3-4-14(10-15)17-11-20-7-8-21(17)18(22)13-24-12-16-6-1-2-9-23-16;/h3-5,10,16-17,20H,1-2,6-9,11-13H2;1H. The highest BCUT2D eigenvalue weighted by molar-refractivity contribution is 7.99. The van der Waals surface area contributed by atoms with Crippen LogP contribution in [0.3, 0.4) is 0 Å². The number of thioether (sulfide) groups is 1. The Kier molecular flexibility index (Phi) is 8.87. The number of carbonyl (C=O) groups excluding carboxylic acids is 1. The zero-order valence-electron chi connectivity index (χ0n) is 14.3. The molecule has 0 radical (unpaired) electrons. The van der Waals surface area contributed by atoms with Crippen molar-refractivity contribution in [3.05, 3.63) is 34.9 Å². The van der Waals surface area contributed by atoms with E-state index in [4.69, 9.17) is 16.3 Å².